The first-order valence-corrected chi connectivity index (χ1v) is 6.32. The smallest absolute Gasteiger partial charge is 0.237 e. The van der Waals surface area contributed by atoms with Gasteiger partial charge in [0.1, 0.15) is 11.9 Å². The minimum absolute atomic E-state index is 0.0928. The van der Waals surface area contributed by atoms with E-state index >= 15 is 0 Å². The Morgan fingerprint density at radius 1 is 1.15 bits per heavy atom. The number of phenolic OH excluding ortho intramolecular Hbond substituents is 2. The SMILES string of the molecule is C[C@H]1Oc2c(O)c3c(c(O)c2C1(C)C)C=CC(=O)C3=O. The average molecular weight is 274 g/mol. The number of fused-ring (bicyclic) bond motifs is 2. The maximum atomic E-state index is 11.9. The summed E-state index contributed by atoms with van der Waals surface area (Å²) in [5, 5.41) is 20.7. The number of ether oxygens (including phenoxy) is 1. The number of phenols is 2. The fourth-order valence-electron chi connectivity index (χ4n) is 2.71. The first-order chi connectivity index (χ1) is 9.26. The van der Waals surface area contributed by atoms with Crippen molar-refractivity contribution in [1.82, 2.24) is 0 Å². The Hall–Kier alpha value is -2.30. The molecule has 0 unspecified atom stereocenters. The maximum absolute atomic E-state index is 11.9. The standard InChI is InChI=1S/C15H14O5/c1-6-15(2,3)10-11(17)7-4-5-8(16)12(18)9(7)13(19)14(10)20-6/h4-6,17,19H,1-3H3/t6-/m1/s1. The van der Waals surface area contributed by atoms with Gasteiger partial charge in [0, 0.05) is 16.5 Å². The molecule has 5 nitrogen and oxygen atoms in total. The summed E-state index contributed by atoms with van der Waals surface area (Å²) in [6.07, 6.45) is 2.18. The van der Waals surface area contributed by atoms with E-state index in [4.69, 9.17) is 4.74 Å². The molecule has 0 radical (unpaired) electrons. The minimum Gasteiger partial charge on any atom is -0.507 e. The number of ketones is 2. The number of hydrogen-bond donors (Lipinski definition) is 2. The van der Waals surface area contributed by atoms with Gasteiger partial charge in [-0.3, -0.25) is 9.59 Å². The number of benzene rings is 1. The molecule has 1 atom stereocenters. The normalized spacial score (nSPS) is 22.4. The highest BCUT2D eigenvalue weighted by molar-refractivity contribution is 6.50. The average Bonchev–Trinajstić information content (AvgIpc) is 2.61. The molecule has 0 fully saturated rings. The van der Waals surface area contributed by atoms with Crippen LogP contribution < -0.4 is 4.74 Å². The van der Waals surface area contributed by atoms with Crippen LogP contribution in [0.2, 0.25) is 0 Å². The van der Waals surface area contributed by atoms with Crippen LogP contribution in [-0.2, 0) is 10.2 Å². The number of aromatic hydroxyl groups is 2. The van der Waals surface area contributed by atoms with Crippen molar-refractivity contribution >= 4 is 17.6 Å². The largest absolute Gasteiger partial charge is 0.507 e. The van der Waals surface area contributed by atoms with E-state index in [0.29, 0.717) is 5.56 Å². The molecule has 0 amide bonds. The van der Waals surface area contributed by atoms with Gasteiger partial charge in [-0.1, -0.05) is 13.8 Å². The molecular weight excluding hydrogens is 260 g/mol. The van der Waals surface area contributed by atoms with Crippen LogP contribution in [0, 0.1) is 0 Å². The zero-order chi connectivity index (χ0) is 14.8. The highest BCUT2D eigenvalue weighted by Crippen LogP contribution is 2.55. The molecular formula is C15H14O5. The zero-order valence-electron chi connectivity index (χ0n) is 11.4. The van der Waals surface area contributed by atoms with Crippen molar-refractivity contribution in [3.05, 3.63) is 22.8 Å². The summed E-state index contributed by atoms with van der Waals surface area (Å²) in [7, 11) is 0. The van der Waals surface area contributed by atoms with Crippen molar-refractivity contribution < 1.29 is 24.5 Å². The Kier molecular flexibility index (Phi) is 2.31. The highest BCUT2D eigenvalue weighted by atomic mass is 16.5. The number of carbonyl (C=O) groups excluding carboxylic acids is 2. The molecule has 104 valence electrons. The van der Waals surface area contributed by atoms with Gasteiger partial charge in [0.2, 0.25) is 11.6 Å². The van der Waals surface area contributed by atoms with Gasteiger partial charge in [-0.15, -0.1) is 0 Å². The van der Waals surface area contributed by atoms with Crippen molar-refractivity contribution in [3.63, 3.8) is 0 Å². The number of Topliss-reactive ketones (excluding diaryl/α,β-unsaturated/α-hetero) is 1. The molecule has 1 aliphatic heterocycles. The Bertz CT molecular complexity index is 697. The van der Waals surface area contributed by atoms with E-state index in [9.17, 15) is 19.8 Å². The topological polar surface area (TPSA) is 83.8 Å². The molecule has 1 aromatic carbocycles. The predicted octanol–water partition coefficient (Wildman–Crippen LogP) is 1.93. The van der Waals surface area contributed by atoms with E-state index in [1.165, 1.54) is 6.08 Å². The van der Waals surface area contributed by atoms with Gasteiger partial charge in [-0.2, -0.15) is 0 Å². The number of allylic oxidation sites excluding steroid dienone is 1. The molecule has 0 saturated carbocycles. The van der Waals surface area contributed by atoms with Gasteiger partial charge in [0.15, 0.2) is 11.5 Å². The molecule has 1 aromatic rings. The van der Waals surface area contributed by atoms with Crippen molar-refractivity contribution in [2.45, 2.75) is 32.3 Å². The highest BCUT2D eigenvalue weighted by Gasteiger charge is 2.46. The van der Waals surface area contributed by atoms with Gasteiger partial charge in [0.25, 0.3) is 0 Å². The van der Waals surface area contributed by atoms with Crippen LogP contribution >= 0.6 is 0 Å². The third kappa shape index (κ3) is 1.32. The second-order valence-corrected chi connectivity index (χ2v) is 5.70. The summed E-state index contributed by atoms with van der Waals surface area (Å²) >= 11 is 0. The molecule has 3 rings (SSSR count). The fraction of sp³-hybridized carbons (Fsp3) is 0.333. The number of hydrogen-bond acceptors (Lipinski definition) is 5. The first-order valence-electron chi connectivity index (χ1n) is 6.32. The van der Waals surface area contributed by atoms with Crippen molar-refractivity contribution in [3.8, 4) is 17.2 Å². The van der Waals surface area contributed by atoms with Crippen LogP contribution in [0.5, 0.6) is 17.2 Å². The van der Waals surface area contributed by atoms with Crippen LogP contribution in [0.4, 0.5) is 0 Å². The lowest BCUT2D eigenvalue weighted by Gasteiger charge is -2.23. The second kappa shape index (κ2) is 3.62. The quantitative estimate of drug-likeness (QED) is 0.558. The van der Waals surface area contributed by atoms with Gasteiger partial charge in [0.05, 0.1) is 5.56 Å². The lowest BCUT2D eigenvalue weighted by Crippen LogP contribution is -2.29. The minimum atomic E-state index is -0.834. The summed E-state index contributed by atoms with van der Waals surface area (Å²) in [5.41, 5.74) is -0.0482. The lowest BCUT2D eigenvalue weighted by molar-refractivity contribution is -0.110. The summed E-state index contributed by atoms with van der Waals surface area (Å²) in [4.78, 5) is 23.3. The van der Waals surface area contributed by atoms with E-state index in [1.54, 1.807) is 0 Å². The van der Waals surface area contributed by atoms with Gasteiger partial charge < -0.3 is 14.9 Å². The zero-order valence-corrected chi connectivity index (χ0v) is 11.4. The van der Waals surface area contributed by atoms with Gasteiger partial charge >= 0.3 is 0 Å². The second-order valence-electron chi connectivity index (χ2n) is 5.70. The van der Waals surface area contributed by atoms with E-state index in [1.807, 2.05) is 20.8 Å². The number of rotatable bonds is 0. The monoisotopic (exact) mass is 274 g/mol. The molecule has 0 saturated heterocycles. The first kappa shape index (κ1) is 12.7. The molecule has 0 spiro atoms. The molecule has 2 aliphatic rings. The Morgan fingerprint density at radius 2 is 1.80 bits per heavy atom. The maximum Gasteiger partial charge on any atom is 0.237 e. The van der Waals surface area contributed by atoms with Crippen molar-refractivity contribution in [2.75, 3.05) is 0 Å². The molecule has 5 heteroatoms. The molecule has 0 aromatic heterocycles. The van der Waals surface area contributed by atoms with Gasteiger partial charge in [-0.25, -0.2) is 0 Å². The lowest BCUT2D eigenvalue weighted by atomic mass is 9.78. The molecule has 0 bridgehead atoms. The van der Waals surface area contributed by atoms with Crippen molar-refractivity contribution in [1.29, 1.82) is 0 Å². The van der Waals surface area contributed by atoms with Crippen LogP contribution in [-0.4, -0.2) is 27.9 Å². The summed E-state index contributed by atoms with van der Waals surface area (Å²) in [6.45, 7) is 5.59. The van der Waals surface area contributed by atoms with Crippen LogP contribution in [0.25, 0.3) is 6.08 Å². The third-order valence-corrected chi connectivity index (χ3v) is 4.25. The Labute approximate surface area is 115 Å². The summed E-state index contributed by atoms with van der Waals surface area (Å²) in [5.74, 6) is -1.95. The van der Waals surface area contributed by atoms with Crippen LogP contribution in [0.3, 0.4) is 0 Å². The number of carbonyl (C=O) groups is 2. The van der Waals surface area contributed by atoms with E-state index in [-0.39, 0.29) is 34.5 Å². The van der Waals surface area contributed by atoms with E-state index < -0.39 is 17.0 Å². The van der Waals surface area contributed by atoms with Crippen molar-refractivity contribution in [2.24, 2.45) is 0 Å². The fourth-order valence-corrected chi connectivity index (χ4v) is 2.71. The van der Waals surface area contributed by atoms with Gasteiger partial charge in [-0.05, 0) is 19.1 Å². The van der Waals surface area contributed by atoms with E-state index in [2.05, 4.69) is 0 Å². The van der Waals surface area contributed by atoms with Crippen LogP contribution in [0.15, 0.2) is 6.08 Å². The predicted molar refractivity (Wildman–Crippen MR) is 71.3 cm³/mol. The molecule has 20 heavy (non-hydrogen) atoms. The third-order valence-electron chi connectivity index (χ3n) is 4.25. The Morgan fingerprint density at radius 3 is 2.45 bits per heavy atom. The van der Waals surface area contributed by atoms with Crippen LogP contribution in [0.1, 0.15) is 42.3 Å². The Balaban J connectivity index is 2.41. The molecule has 1 aliphatic carbocycles. The van der Waals surface area contributed by atoms with E-state index in [0.717, 1.165) is 6.08 Å². The molecule has 1 heterocycles. The summed E-state index contributed by atoms with van der Waals surface area (Å²) < 4.78 is 5.59. The summed E-state index contributed by atoms with van der Waals surface area (Å²) in [6, 6.07) is 0. The molecule has 2 N–H and O–H groups in total.